The standard InChI is InChI=1S/C23H30N2O6/c1-23(2,3)31-22(29)24-13-17-10-7-11-18(12-17)20(27)19(26)14-25-21(28)30-15-16-8-5-4-6-9-16/h4-12,19-20,26-27H,13-15H2,1-3H3,(H,24,29)(H,25,28). The first-order valence-electron chi connectivity index (χ1n) is 10.0. The van der Waals surface area contributed by atoms with Crippen LogP contribution in [0, 0.1) is 0 Å². The fourth-order valence-electron chi connectivity index (χ4n) is 2.67. The minimum Gasteiger partial charge on any atom is -0.445 e. The zero-order valence-electron chi connectivity index (χ0n) is 18.0. The van der Waals surface area contributed by atoms with Crippen LogP contribution in [0.3, 0.4) is 0 Å². The maximum Gasteiger partial charge on any atom is 0.407 e. The number of hydrogen-bond acceptors (Lipinski definition) is 6. The van der Waals surface area contributed by atoms with E-state index in [-0.39, 0.29) is 19.7 Å². The van der Waals surface area contributed by atoms with Gasteiger partial charge in [-0.3, -0.25) is 0 Å². The monoisotopic (exact) mass is 430 g/mol. The van der Waals surface area contributed by atoms with Crippen LogP contribution < -0.4 is 10.6 Å². The number of aliphatic hydroxyl groups excluding tert-OH is 2. The molecule has 0 saturated carbocycles. The van der Waals surface area contributed by atoms with E-state index >= 15 is 0 Å². The smallest absolute Gasteiger partial charge is 0.407 e. The summed E-state index contributed by atoms with van der Waals surface area (Å²) in [5, 5.41) is 25.7. The number of hydrogen-bond donors (Lipinski definition) is 4. The van der Waals surface area contributed by atoms with E-state index in [1.165, 1.54) is 0 Å². The Morgan fingerprint density at radius 2 is 1.61 bits per heavy atom. The normalized spacial score (nSPS) is 13.1. The van der Waals surface area contributed by atoms with Gasteiger partial charge in [-0.15, -0.1) is 0 Å². The maximum absolute atomic E-state index is 11.8. The van der Waals surface area contributed by atoms with Crippen LogP contribution in [0.5, 0.6) is 0 Å². The Morgan fingerprint density at radius 1 is 0.935 bits per heavy atom. The lowest BCUT2D eigenvalue weighted by Gasteiger charge is -2.20. The van der Waals surface area contributed by atoms with Crippen LogP contribution in [-0.4, -0.2) is 40.6 Å². The zero-order chi connectivity index (χ0) is 22.9. The van der Waals surface area contributed by atoms with Gasteiger partial charge in [0.1, 0.15) is 24.4 Å². The van der Waals surface area contributed by atoms with Gasteiger partial charge in [-0.05, 0) is 37.5 Å². The summed E-state index contributed by atoms with van der Waals surface area (Å²) < 4.78 is 10.3. The molecule has 2 aromatic carbocycles. The lowest BCUT2D eigenvalue weighted by atomic mass is 10.0. The fourth-order valence-corrected chi connectivity index (χ4v) is 2.67. The van der Waals surface area contributed by atoms with Crippen molar-refractivity contribution in [2.24, 2.45) is 0 Å². The first-order valence-corrected chi connectivity index (χ1v) is 10.0. The Kier molecular flexibility index (Phi) is 8.84. The molecule has 4 N–H and O–H groups in total. The summed E-state index contributed by atoms with van der Waals surface area (Å²) in [5.41, 5.74) is 1.43. The summed E-state index contributed by atoms with van der Waals surface area (Å²) in [7, 11) is 0. The molecule has 0 saturated heterocycles. The molecule has 0 fully saturated rings. The van der Waals surface area contributed by atoms with Gasteiger partial charge >= 0.3 is 12.2 Å². The zero-order valence-corrected chi connectivity index (χ0v) is 18.0. The van der Waals surface area contributed by atoms with Gasteiger partial charge < -0.3 is 30.3 Å². The van der Waals surface area contributed by atoms with Gasteiger partial charge in [0.25, 0.3) is 0 Å². The molecule has 168 valence electrons. The maximum atomic E-state index is 11.8. The fraction of sp³-hybridized carbons (Fsp3) is 0.391. The van der Waals surface area contributed by atoms with E-state index in [1.54, 1.807) is 45.0 Å². The number of benzene rings is 2. The van der Waals surface area contributed by atoms with Crippen molar-refractivity contribution in [1.29, 1.82) is 0 Å². The largest absolute Gasteiger partial charge is 0.445 e. The highest BCUT2D eigenvalue weighted by atomic mass is 16.6. The highest BCUT2D eigenvalue weighted by Gasteiger charge is 2.20. The first kappa shape index (κ1) is 24.2. The second-order valence-electron chi connectivity index (χ2n) is 8.06. The van der Waals surface area contributed by atoms with Crippen LogP contribution in [0.25, 0.3) is 0 Å². The molecule has 2 amide bonds. The Labute approximate surface area is 182 Å². The topological polar surface area (TPSA) is 117 Å². The second kappa shape index (κ2) is 11.3. The summed E-state index contributed by atoms with van der Waals surface area (Å²) >= 11 is 0. The Morgan fingerprint density at radius 3 is 2.29 bits per heavy atom. The van der Waals surface area contributed by atoms with Crippen molar-refractivity contribution in [3.63, 3.8) is 0 Å². The number of ether oxygens (including phenoxy) is 2. The number of nitrogens with one attached hydrogen (secondary N) is 2. The van der Waals surface area contributed by atoms with Gasteiger partial charge in [-0.2, -0.15) is 0 Å². The number of carbonyl (C=O) groups is 2. The molecule has 8 heteroatoms. The van der Waals surface area contributed by atoms with E-state index in [1.807, 2.05) is 30.3 Å². The van der Waals surface area contributed by atoms with Crippen LogP contribution >= 0.6 is 0 Å². The third kappa shape index (κ3) is 9.06. The van der Waals surface area contributed by atoms with Crippen LogP contribution in [0.2, 0.25) is 0 Å². The molecule has 0 aliphatic carbocycles. The minimum atomic E-state index is -1.24. The molecule has 2 atom stereocenters. The molecule has 31 heavy (non-hydrogen) atoms. The van der Waals surface area contributed by atoms with Gasteiger partial charge in [-0.1, -0.05) is 54.6 Å². The van der Waals surface area contributed by atoms with E-state index in [2.05, 4.69) is 10.6 Å². The van der Waals surface area contributed by atoms with Crippen molar-refractivity contribution in [1.82, 2.24) is 10.6 Å². The molecular formula is C23H30N2O6. The van der Waals surface area contributed by atoms with E-state index < -0.39 is 30.0 Å². The Hall–Kier alpha value is -3.10. The van der Waals surface area contributed by atoms with Gasteiger partial charge in [0.05, 0.1) is 0 Å². The summed E-state index contributed by atoms with van der Waals surface area (Å²) in [6.45, 7) is 5.45. The molecule has 8 nitrogen and oxygen atoms in total. The van der Waals surface area contributed by atoms with E-state index in [9.17, 15) is 19.8 Å². The lowest BCUT2D eigenvalue weighted by Crippen LogP contribution is -2.35. The Bertz CT molecular complexity index is 851. The van der Waals surface area contributed by atoms with Gasteiger partial charge in [-0.25, -0.2) is 9.59 Å². The second-order valence-corrected chi connectivity index (χ2v) is 8.06. The van der Waals surface area contributed by atoms with Crippen LogP contribution in [0.1, 0.15) is 43.6 Å². The summed E-state index contributed by atoms with van der Waals surface area (Å²) in [4.78, 5) is 23.6. The van der Waals surface area contributed by atoms with Crippen LogP contribution in [-0.2, 0) is 22.6 Å². The molecule has 0 heterocycles. The molecule has 2 unspecified atom stereocenters. The van der Waals surface area contributed by atoms with Gasteiger partial charge in [0.15, 0.2) is 0 Å². The predicted octanol–water partition coefficient (Wildman–Crippen LogP) is 3.03. The summed E-state index contributed by atoms with van der Waals surface area (Å²) in [6.07, 6.45) is -3.70. The third-order valence-electron chi connectivity index (χ3n) is 4.16. The molecule has 2 aromatic rings. The molecule has 0 aliphatic rings. The molecule has 0 aromatic heterocycles. The highest BCUT2D eigenvalue weighted by Crippen LogP contribution is 2.18. The minimum absolute atomic E-state index is 0.109. The molecule has 0 radical (unpaired) electrons. The van der Waals surface area contributed by atoms with Crippen molar-refractivity contribution >= 4 is 12.2 Å². The predicted molar refractivity (Wildman–Crippen MR) is 115 cm³/mol. The lowest BCUT2D eigenvalue weighted by molar-refractivity contribution is 0.0183. The van der Waals surface area contributed by atoms with Gasteiger partial charge in [0, 0.05) is 13.1 Å². The quantitative estimate of drug-likeness (QED) is 0.511. The molecule has 0 spiro atoms. The van der Waals surface area contributed by atoms with Crippen LogP contribution in [0.4, 0.5) is 9.59 Å². The van der Waals surface area contributed by atoms with Crippen molar-refractivity contribution in [3.8, 4) is 0 Å². The molecule has 2 rings (SSSR count). The van der Waals surface area contributed by atoms with Crippen molar-refractivity contribution in [2.75, 3.05) is 6.54 Å². The number of alkyl carbamates (subject to hydrolysis) is 2. The van der Waals surface area contributed by atoms with E-state index in [0.29, 0.717) is 5.56 Å². The molecule has 0 bridgehead atoms. The summed E-state index contributed by atoms with van der Waals surface area (Å²) in [6, 6.07) is 16.0. The summed E-state index contributed by atoms with van der Waals surface area (Å²) in [5.74, 6) is 0. The van der Waals surface area contributed by atoms with Gasteiger partial charge in [0.2, 0.25) is 0 Å². The highest BCUT2D eigenvalue weighted by molar-refractivity contribution is 5.67. The number of aliphatic hydroxyl groups is 2. The Balaban J connectivity index is 1.80. The van der Waals surface area contributed by atoms with Crippen molar-refractivity contribution in [3.05, 3.63) is 71.3 Å². The van der Waals surface area contributed by atoms with E-state index in [0.717, 1.165) is 11.1 Å². The average Bonchev–Trinajstić information content (AvgIpc) is 2.73. The number of rotatable bonds is 8. The molecular weight excluding hydrogens is 400 g/mol. The number of amides is 2. The van der Waals surface area contributed by atoms with Crippen molar-refractivity contribution in [2.45, 2.75) is 51.7 Å². The van der Waals surface area contributed by atoms with Crippen LogP contribution in [0.15, 0.2) is 54.6 Å². The van der Waals surface area contributed by atoms with Crippen molar-refractivity contribution < 1.29 is 29.3 Å². The third-order valence-corrected chi connectivity index (χ3v) is 4.16. The molecule has 0 aliphatic heterocycles. The first-order chi connectivity index (χ1) is 14.6. The number of carbonyl (C=O) groups excluding carboxylic acids is 2. The SMILES string of the molecule is CC(C)(C)OC(=O)NCc1cccc(C(O)C(O)CNC(=O)OCc2ccccc2)c1. The van der Waals surface area contributed by atoms with E-state index in [4.69, 9.17) is 9.47 Å². The average molecular weight is 431 g/mol.